The fourth-order valence-corrected chi connectivity index (χ4v) is 1.33. The van der Waals surface area contributed by atoms with E-state index in [1.165, 1.54) is 0 Å². The largest absolute Gasteiger partial charge is 0.508 e. The van der Waals surface area contributed by atoms with Crippen LogP contribution in [0.5, 0.6) is 5.75 Å². The summed E-state index contributed by atoms with van der Waals surface area (Å²) in [6, 6.07) is 6.68. The average molecular weight is 234 g/mol. The maximum atomic E-state index is 9.14. The van der Waals surface area contributed by atoms with E-state index < -0.39 is 0 Å². The lowest BCUT2D eigenvalue weighted by Crippen LogP contribution is -2.00. The summed E-state index contributed by atoms with van der Waals surface area (Å²) in [5.74, 6) is 0.827. The summed E-state index contributed by atoms with van der Waals surface area (Å²) in [6.45, 7) is 1.82. The summed E-state index contributed by atoms with van der Waals surface area (Å²) in [5, 5.41) is 18.8. The Morgan fingerprint density at radius 3 is 2.69 bits per heavy atom. The molecule has 5 nitrogen and oxygen atoms in total. The summed E-state index contributed by atoms with van der Waals surface area (Å²) in [5.41, 5.74) is 1.54. The first-order valence-electron chi connectivity index (χ1n) is 4.64. The van der Waals surface area contributed by atoms with Gasteiger partial charge >= 0.3 is 0 Å². The predicted octanol–water partition coefficient (Wildman–Crippen LogP) is 2.29. The molecule has 82 valence electrons. The second-order valence-electron chi connectivity index (χ2n) is 3.25. The van der Waals surface area contributed by atoms with Gasteiger partial charge in [-0.15, -0.1) is 0 Å². The van der Waals surface area contributed by atoms with Crippen LogP contribution in [0.15, 0.2) is 24.3 Å². The van der Waals surface area contributed by atoms with Crippen LogP contribution in [0.3, 0.4) is 0 Å². The molecule has 0 aliphatic carbocycles. The van der Waals surface area contributed by atoms with Crippen LogP contribution in [-0.2, 0) is 0 Å². The number of anilines is 2. The SMILES string of the molecule is Cc1n[nH]c(=S)nc1Nc1ccc(O)cc1. The number of phenolic OH excluding ortho intramolecular Hbond substituents is 1. The fraction of sp³-hybridized carbons (Fsp3) is 0.100. The molecule has 0 aliphatic rings. The molecule has 2 aromatic rings. The van der Waals surface area contributed by atoms with Gasteiger partial charge in [0.25, 0.3) is 0 Å². The van der Waals surface area contributed by atoms with E-state index in [1.807, 2.05) is 6.92 Å². The zero-order valence-corrected chi connectivity index (χ0v) is 9.38. The van der Waals surface area contributed by atoms with E-state index in [-0.39, 0.29) is 5.75 Å². The number of H-pyrrole nitrogens is 1. The van der Waals surface area contributed by atoms with E-state index in [0.717, 1.165) is 11.4 Å². The number of benzene rings is 1. The van der Waals surface area contributed by atoms with E-state index >= 15 is 0 Å². The van der Waals surface area contributed by atoms with Gasteiger partial charge < -0.3 is 10.4 Å². The van der Waals surface area contributed by atoms with Gasteiger partial charge in [-0.1, -0.05) is 0 Å². The van der Waals surface area contributed by atoms with Crippen molar-refractivity contribution in [3.8, 4) is 5.75 Å². The smallest absolute Gasteiger partial charge is 0.215 e. The van der Waals surface area contributed by atoms with Gasteiger partial charge in [-0.05, 0) is 43.4 Å². The molecule has 0 spiro atoms. The average Bonchev–Trinajstić information content (AvgIpc) is 2.27. The molecular formula is C10H10N4OS. The highest BCUT2D eigenvalue weighted by atomic mass is 32.1. The highest BCUT2D eigenvalue weighted by Gasteiger charge is 2.01. The van der Waals surface area contributed by atoms with Gasteiger partial charge in [-0.25, -0.2) is 0 Å². The summed E-state index contributed by atoms with van der Waals surface area (Å²) >= 11 is 4.89. The van der Waals surface area contributed by atoms with Crippen LogP contribution in [0.2, 0.25) is 0 Å². The van der Waals surface area contributed by atoms with Crippen molar-refractivity contribution in [2.24, 2.45) is 0 Å². The minimum atomic E-state index is 0.221. The van der Waals surface area contributed by atoms with Gasteiger partial charge in [0.05, 0.1) is 0 Å². The molecule has 1 aromatic carbocycles. The second kappa shape index (κ2) is 4.28. The Labute approximate surface area is 97.2 Å². The number of phenols is 1. The Hall–Kier alpha value is -1.95. The molecule has 1 aromatic heterocycles. The van der Waals surface area contributed by atoms with Crippen LogP contribution in [-0.4, -0.2) is 20.3 Å². The standard InChI is InChI=1S/C10H10N4OS/c1-6-9(12-10(16)14-13-6)11-7-2-4-8(15)5-3-7/h2-5,15H,1H3,(H2,11,12,14,16). The van der Waals surface area contributed by atoms with E-state index in [9.17, 15) is 0 Å². The Bertz CT molecular complexity index is 549. The highest BCUT2D eigenvalue weighted by molar-refractivity contribution is 7.71. The zero-order chi connectivity index (χ0) is 11.5. The first-order valence-corrected chi connectivity index (χ1v) is 5.05. The number of aromatic nitrogens is 3. The molecule has 0 saturated heterocycles. The summed E-state index contributed by atoms with van der Waals surface area (Å²) < 4.78 is 0.326. The molecule has 2 rings (SSSR count). The summed E-state index contributed by atoms with van der Waals surface area (Å²) in [6.07, 6.45) is 0. The molecule has 3 N–H and O–H groups in total. The quantitative estimate of drug-likeness (QED) is 0.549. The first kappa shape index (κ1) is 10.6. The number of hydrogen-bond donors (Lipinski definition) is 3. The number of aromatic hydroxyl groups is 1. The zero-order valence-electron chi connectivity index (χ0n) is 8.56. The molecule has 0 aliphatic heterocycles. The van der Waals surface area contributed by atoms with E-state index in [1.54, 1.807) is 24.3 Å². The number of aryl methyl sites for hydroxylation is 1. The molecule has 0 radical (unpaired) electrons. The van der Waals surface area contributed by atoms with Crippen LogP contribution in [0.1, 0.15) is 5.69 Å². The van der Waals surface area contributed by atoms with Crippen LogP contribution in [0.25, 0.3) is 0 Å². The minimum Gasteiger partial charge on any atom is -0.508 e. The molecule has 0 fully saturated rings. The topological polar surface area (TPSA) is 73.8 Å². The van der Waals surface area contributed by atoms with Crippen LogP contribution < -0.4 is 5.32 Å². The highest BCUT2D eigenvalue weighted by Crippen LogP contribution is 2.18. The van der Waals surface area contributed by atoms with Crippen LogP contribution in [0, 0.1) is 11.7 Å². The Morgan fingerprint density at radius 1 is 1.31 bits per heavy atom. The fourth-order valence-electron chi connectivity index (χ4n) is 1.19. The van der Waals surface area contributed by atoms with Crippen molar-refractivity contribution in [3.05, 3.63) is 34.7 Å². The monoisotopic (exact) mass is 234 g/mol. The number of aromatic amines is 1. The minimum absolute atomic E-state index is 0.221. The number of hydrogen-bond acceptors (Lipinski definition) is 5. The van der Waals surface area contributed by atoms with Gasteiger partial charge in [0.1, 0.15) is 11.4 Å². The number of nitrogens with zero attached hydrogens (tertiary/aromatic N) is 2. The van der Waals surface area contributed by atoms with Crippen LogP contribution >= 0.6 is 12.2 Å². The lowest BCUT2D eigenvalue weighted by atomic mass is 10.3. The lowest BCUT2D eigenvalue weighted by Gasteiger charge is -2.06. The van der Waals surface area contributed by atoms with E-state index in [4.69, 9.17) is 17.3 Å². The van der Waals surface area contributed by atoms with Crippen molar-refractivity contribution in [2.45, 2.75) is 6.92 Å². The molecular weight excluding hydrogens is 224 g/mol. The normalized spacial score (nSPS) is 10.1. The lowest BCUT2D eigenvalue weighted by molar-refractivity contribution is 0.475. The van der Waals surface area contributed by atoms with Gasteiger partial charge in [0, 0.05) is 5.69 Å². The number of nitrogens with one attached hydrogen (secondary N) is 2. The van der Waals surface area contributed by atoms with Crippen molar-refractivity contribution in [3.63, 3.8) is 0 Å². The third-order valence-electron chi connectivity index (χ3n) is 2.01. The molecule has 1 heterocycles. The Morgan fingerprint density at radius 2 is 2.00 bits per heavy atom. The summed E-state index contributed by atoms with van der Waals surface area (Å²) in [7, 11) is 0. The van der Waals surface area contributed by atoms with Gasteiger partial charge in [-0.3, -0.25) is 5.10 Å². The molecule has 16 heavy (non-hydrogen) atoms. The third-order valence-corrected chi connectivity index (χ3v) is 2.19. The maximum absolute atomic E-state index is 9.14. The molecule has 6 heteroatoms. The second-order valence-corrected chi connectivity index (χ2v) is 3.63. The Balaban J connectivity index is 2.30. The van der Waals surface area contributed by atoms with Gasteiger partial charge in [0.15, 0.2) is 5.82 Å². The molecule has 0 amide bonds. The number of rotatable bonds is 2. The molecule has 0 saturated carbocycles. The van der Waals surface area contributed by atoms with Crippen molar-refractivity contribution in [1.29, 1.82) is 0 Å². The Kier molecular flexibility index (Phi) is 2.82. The molecule has 0 bridgehead atoms. The summed E-state index contributed by atoms with van der Waals surface area (Å²) in [4.78, 5) is 4.11. The predicted molar refractivity (Wildman–Crippen MR) is 63.3 cm³/mol. The van der Waals surface area contributed by atoms with Gasteiger partial charge in [-0.2, -0.15) is 10.1 Å². The van der Waals surface area contributed by atoms with Crippen molar-refractivity contribution in [1.82, 2.24) is 15.2 Å². The van der Waals surface area contributed by atoms with Crippen molar-refractivity contribution >= 4 is 23.7 Å². The van der Waals surface area contributed by atoms with Crippen LogP contribution in [0.4, 0.5) is 11.5 Å². The first-order chi connectivity index (χ1) is 7.65. The van der Waals surface area contributed by atoms with E-state index in [2.05, 4.69) is 20.5 Å². The van der Waals surface area contributed by atoms with Crippen molar-refractivity contribution < 1.29 is 5.11 Å². The maximum Gasteiger partial charge on any atom is 0.215 e. The van der Waals surface area contributed by atoms with E-state index in [0.29, 0.717) is 10.6 Å². The molecule has 0 atom stereocenters. The van der Waals surface area contributed by atoms with Gasteiger partial charge in [0.2, 0.25) is 4.77 Å². The molecule has 0 unspecified atom stereocenters. The van der Waals surface area contributed by atoms with Crippen molar-refractivity contribution in [2.75, 3.05) is 5.32 Å². The third kappa shape index (κ3) is 2.34.